The number of sulfone groups is 1. The molecular weight excluding hydrogens is 276 g/mol. The molecule has 0 unspecified atom stereocenters. The first-order chi connectivity index (χ1) is 9.69. The third-order valence-electron chi connectivity index (χ3n) is 2.78. The van der Waals surface area contributed by atoms with E-state index < -0.39 is 9.84 Å². The number of pyridine rings is 1. The summed E-state index contributed by atoms with van der Waals surface area (Å²) in [5.41, 5.74) is 0.930. The first kappa shape index (κ1) is 12.5. The summed E-state index contributed by atoms with van der Waals surface area (Å²) in [6.07, 6.45) is 3.14. The fourth-order valence-corrected chi connectivity index (χ4v) is 3.14. The van der Waals surface area contributed by atoms with Crippen LogP contribution in [0.1, 0.15) is 0 Å². The Morgan fingerprint density at radius 3 is 2.30 bits per heavy atom. The summed E-state index contributed by atoms with van der Waals surface area (Å²) >= 11 is 0. The van der Waals surface area contributed by atoms with Crippen LogP contribution in [0, 0.1) is 0 Å². The van der Waals surface area contributed by atoms with E-state index in [1.54, 1.807) is 42.7 Å². The molecule has 0 bridgehead atoms. The number of rotatable bonds is 3. The molecular formula is C13H10N4O2S. The number of hydrogen-bond donors (Lipinski definition) is 1. The highest BCUT2D eigenvalue weighted by molar-refractivity contribution is 7.91. The lowest BCUT2D eigenvalue weighted by molar-refractivity contribution is 0.592. The van der Waals surface area contributed by atoms with Gasteiger partial charge in [0.1, 0.15) is 5.69 Å². The fourth-order valence-electron chi connectivity index (χ4n) is 1.82. The molecule has 20 heavy (non-hydrogen) atoms. The Balaban J connectivity index is 2.16. The van der Waals surface area contributed by atoms with Crippen LogP contribution < -0.4 is 0 Å². The van der Waals surface area contributed by atoms with E-state index in [0.29, 0.717) is 5.56 Å². The van der Waals surface area contributed by atoms with Crippen LogP contribution in [0.25, 0.3) is 11.3 Å². The maximum Gasteiger partial charge on any atom is 0.227 e. The van der Waals surface area contributed by atoms with Crippen molar-refractivity contribution >= 4 is 9.84 Å². The molecule has 0 amide bonds. The van der Waals surface area contributed by atoms with Gasteiger partial charge in [0.2, 0.25) is 14.9 Å². The van der Waals surface area contributed by atoms with Gasteiger partial charge in [0.25, 0.3) is 0 Å². The molecule has 100 valence electrons. The molecule has 3 rings (SSSR count). The number of nitrogens with one attached hydrogen (secondary N) is 1. The molecule has 0 saturated carbocycles. The maximum atomic E-state index is 12.6. The zero-order chi connectivity index (χ0) is 14.0. The molecule has 2 heterocycles. The molecule has 0 radical (unpaired) electrons. The monoisotopic (exact) mass is 286 g/mol. The Morgan fingerprint density at radius 1 is 0.900 bits per heavy atom. The van der Waals surface area contributed by atoms with E-state index >= 15 is 0 Å². The van der Waals surface area contributed by atoms with Crippen molar-refractivity contribution in [2.24, 2.45) is 0 Å². The van der Waals surface area contributed by atoms with Crippen LogP contribution in [0.5, 0.6) is 0 Å². The van der Waals surface area contributed by atoms with Crippen LogP contribution in [0.4, 0.5) is 0 Å². The van der Waals surface area contributed by atoms with Crippen molar-refractivity contribution in [1.29, 1.82) is 0 Å². The highest BCUT2D eigenvalue weighted by Crippen LogP contribution is 2.27. The molecule has 0 atom stereocenters. The lowest BCUT2D eigenvalue weighted by Gasteiger charge is -2.03. The first-order valence-electron chi connectivity index (χ1n) is 5.81. The van der Waals surface area contributed by atoms with Crippen LogP contribution >= 0.6 is 0 Å². The largest absolute Gasteiger partial charge is 0.265 e. The van der Waals surface area contributed by atoms with Crippen LogP contribution in [-0.2, 0) is 9.84 Å². The van der Waals surface area contributed by atoms with Gasteiger partial charge in [-0.25, -0.2) is 8.42 Å². The summed E-state index contributed by atoms with van der Waals surface area (Å²) in [7, 11) is -3.70. The van der Waals surface area contributed by atoms with Gasteiger partial charge < -0.3 is 0 Å². The minimum Gasteiger partial charge on any atom is -0.265 e. The third-order valence-corrected chi connectivity index (χ3v) is 4.46. The SMILES string of the molecule is O=S(=O)(c1ccccc1)c1n[nH]nc1-c1ccncc1. The van der Waals surface area contributed by atoms with Crippen molar-refractivity contribution in [2.45, 2.75) is 9.92 Å². The van der Waals surface area contributed by atoms with Crippen molar-refractivity contribution in [2.75, 3.05) is 0 Å². The zero-order valence-corrected chi connectivity index (χ0v) is 11.1. The quantitative estimate of drug-likeness (QED) is 0.791. The van der Waals surface area contributed by atoms with Gasteiger partial charge in [-0.3, -0.25) is 4.98 Å². The predicted molar refractivity (Wildman–Crippen MR) is 71.5 cm³/mol. The second kappa shape index (κ2) is 4.86. The predicted octanol–water partition coefficient (Wildman–Crippen LogP) is 1.70. The molecule has 6 nitrogen and oxygen atoms in total. The summed E-state index contributed by atoms with van der Waals surface area (Å²) in [6.45, 7) is 0. The Kier molecular flexibility index (Phi) is 3.03. The lowest BCUT2D eigenvalue weighted by atomic mass is 10.2. The third kappa shape index (κ3) is 2.08. The van der Waals surface area contributed by atoms with Crippen LogP contribution in [-0.4, -0.2) is 28.8 Å². The summed E-state index contributed by atoms with van der Waals surface area (Å²) in [5.74, 6) is 0. The van der Waals surface area contributed by atoms with Gasteiger partial charge in [0.05, 0.1) is 4.90 Å². The first-order valence-corrected chi connectivity index (χ1v) is 7.29. The van der Waals surface area contributed by atoms with Gasteiger partial charge in [-0.15, -0.1) is 5.10 Å². The molecule has 0 fully saturated rings. The van der Waals surface area contributed by atoms with E-state index in [1.165, 1.54) is 12.1 Å². The van der Waals surface area contributed by atoms with Crippen LogP contribution in [0.2, 0.25) is 0 Å². The maximum absolute atomic E-state index is 12.6. The van der Waals surface area contributed by atoms with Crippen LogP contribution in [0.15, 0.2) is 64.8 Å². The molecule has 1 N–H and O–H groups in total. The number of aromatic nitrogens is 4. The van der Waals surface area contributed by atoms with Gasteiger partial charge in [-0.05, 0) is 24.3 Å². The minimum absolute atomic E-state index is 0.0881. The minimum atomic E-state index is -3.70. The second-order valence-electron chi connectivity index (χ2n) is 4.03. The average molecular weight is 286 g/mol. The molecule has 0 aliphatic rings. The second-order valence-corrected chi connectivity index (χ2v) is 5.89. The Hall–Kier alpha value is -2.54. The van der Waals surface area contributed by atoms with Crippen molar-refractivity contribution in [3.63, 3.8) is 0 Å². The van der Waals surface area contributed by atoms with E-state index in [4.69, 9.17) is 0 Å². The normalized spacial score (nSPS) is 11.4. The van der Waals surface area contributed by atoms with E-state index in [-0.39, 0.29) is 15.6 Å². The van der Waals surface area contributed by atoms with Crippen LogP contribution in [0.3, 0.4) is 0 Å². The standard InChI is InChI=1S/C13H10N4O2S/c18-20(19,11-4-2-1-3-5-11)13-12(15-17-16-13)10-6-8-14-9-7-10/h1-9H,(H,15,16,17). The van der Waals surface area contributed by atoms with Crippen molar-refractivity contribution in [3.05, 3.63) is 54.9 Å². The highest BCUT2D eigenvalue weighted by atomic mass is 32.2. The van der Waals surface area contributed by atoms with Gasteiger partial charge in [0.15, 0.2) is 0 Å². The topological polar surface area (TPSA) is 88.6 Å². The number of aromatic amines is 1. The van der Waals surface area contributed by atoms with Crippen molar-refractivity contribution in [3.8, 4) is 11.3 Å². The van der Waals surface area contributed by atoms with E-state index in [0.717, 1.165) is 0 Å². The molecule has 1 aromatic carbocycles. The molecule has 0 aliphatic heterocycles. The summed E-state index contributed by atoms with van der Waals surface area (Å²) in [4.78, 5) is 4.08. The molecule has 7 heteroatoms. The van der Waals surface area contributed by atoms with Gasteiger partial charge in [-0.2, -0.15) is 10.3 Å². The molecule has 0 aliphatic carbocycles. The van der Waals surface area contributed by atoms with Gasteiger partial charge >= 0.3 is 0 Å². The average Bonchev–Trinajstić information content (AvgIpc) is 2.99. The van der Waals surface area contributed by atoms with Gasteiger partial charge in [0, 0.05) is 18.0 Å². The summed E-state index contributed by atoms with van der Waals surface area (Å²) < 4.78 is 25.1. The Bertz CT molecular complexity index is 814. The number of nitrogens with zero attached hydrogens (tertiary/aromatic N) is 3. The molecule has 0 spiro atoms. The van der Waals surface area contributed by atoms with Gasteiger partial charge in [-0.1, -0.05) is 18.2 Å². The summed E-state index contributed by atoms with van der Waals surface area (Å²) in [6, 6.07) is 11.5. The molecule has 0 saturated heterocycles. The smallest absolute Gasteiger partial charge is 0.227 e. The van der Waals surface area contributed by atoms with E-state index in [9.17, 15) is 8.42 Å². The Morgan fingerprint density at radius 2 is 1.60 bits per heavy atom. The van der Waals surface area contributed by atoms with E-state index in [2.05, 4.69) is 20.4 Å². The highest BCUT2D eigenvalue weighted by Gasteiger charge is 2.25. The molecule has 2 aromatic heterocycles. The molecule has 3 aromatic rings. The number of H-pyrrole nitrogens is 1. The summed E-state index contributed by atoms with van der Waals surface area (Å²) in [5, 5.41) is 10.0. The van der Waals surface area contributed by atoms with E-state index in [1.807, 2.05) is 0 Å². The van der Waals surface area contributed by atoms with Crippen molar-refractivity contribution in [1.82, 2.24) is 20.4 Å². The van der Waals surface area contributed by atoms with Crippen molar-refractivity contribution < 1.29 is 8.42 Å². The number of benzene rings is 1. The number of hydrogen-bond acceptors (Lipinski definition) is 5. The fraction of sp³-hybridized carbons (Fsp3) is 0. The Labute approximate surface area is 115 Å². The zero-order valence-electron chi connectivity index (χ0n) is 10.3. The lowest BCUT2D eigenvalue weighted by Crippen LogP contribution is -2.04.